The molecule has 2 aromatic rings. The van der Waals surface area contributed by atoms with E-state index in [4.69, 9.17) is 16.3 Å². The number of benzene rings is 2. The number of nitrogens with zero attached hydrogens (tertiary/aromatic N) is 2. The van der Waals surface area contributed by atoms with Crippen LogP contribution in [0.25, 0.3) is 0 Å². The molecule has 0 radical (unpaired) electrons. The van der Waals surface area contributed by atoms with Crippen LogP contribution >= 0.6 is 11.6 Å². The number of piperazine rings is 1. The van der Waals surface area contributed by atoms with Crippen molar-refractivity contribution >= 4 is 11.6 Å². The highest BCUT2D eigenvalue weighted by atomic mass is 35.5. The van der Waals surface area contributed by atoms with Crippen molar-refractivity contribution in [2.45, 2.75) is 12.6 Å². The number of ether oxygens (including phenoxy) is 1. The van der Waals surface area contributed by atoms with Crippen LogP contribution < -0.4 is 0 Å². The predicted octanol–water partition coefficient (Wildman–Crippen LogP) is 3.85. The highest BCUT2D eigenvalue weighted by Crippen LogP contribution is 2.19. The van der Waals surface area contributed by atoms with Gasteiger partial charge in [-0.3, -0.25) is 9.80 Å². The zero-order valence-electron chi connectivity index (χ0n) is 14.2. The van der Waals surface area contributed by atoms with E-state index in [2.05, 4.69) is 46.2 Å². The second kappa shape index (κ2) is 8.63. The van der Waals surface area contributed by atoms with E-state index in [0.717, 1.165) is 44.3 Å². The van der Waals surface area contributed by atoms with Crippen LogP contribution in [0.5, 0.6) is 0 Å². The van der Waals surface area contributed by atoms with Gasteiger partial charge < -0.3 is 4.74 Å². The van der Waals surface area contributed by atoms with E-state index >= 15 is 0 Å². The Bertz CT molecular complexity index is 627. The summed E-state index contributed by atoms with van der Waals surface area (Å²) in [4.78, 5) is 4.99. The second-order valence-electron chi connectivity index (χ2n) is 6.34. The van der Waals surface area contributed by atoms with Crippen LogP contribution in [0.2, 0.25) is 5.02 Å². The van der Waals surface area contributed by atoms with Crippen molar-refractivity contribution in [3.8, 4) is 0 Å². The number of halogens is 1. The first-order chi connectivity index (χ1) is 11.7. The first-order valence-electron chi connectivity index (χ1n) is 8.51. The van der Waals surface area contributed by atoms with E-state index in [9.17, 15) is 0 Å². The van der Waals surface area contributed by atoms with Gasteiger partial charge in [0, 0.05) is 51.4 Å². The van der Waals surface area contributed by atoms with Gasteiger partial charge in [-0.25, -0.2) is 0 Å². The Morgan fingerprint density at radius 1 is 0.958 bits per heavy atom. The molecule has 4 heteroatoms. The molecule has 0 saturated carbocycles. The summed E-state index contributed by atoms with van der Waals surface area (Å²) >= 11 is 6.08. The molecule has 0 aliphatic carbocycles. The highest BCUT2D eigenvalue weighted by molar-refractivity contribution is 6.30. The molecule has 0 bridgehead atoms. The van der Waals surface area contributed by atoms with Crippen molar-refractivity contribution in [2.24, 2.45) is 0 Å². The maximum atomic E-state index is 6.08. The van der Waals surface area contributed by atoms with Gasteiger partial charge in [0.05, 0.1) is 6.10 Å². The SMILES string of the molecule is COC(CN1CCN(Cc2cccc(Cl)c2)CC1)c1ccccc1. The molecular weight excluding hydrogens is 320 g/mol. The zero-order chi connectivity index (χ0) is 16.8. The summed E-state index contributed by atoms with van der Waals surface area (Å²) in [5, 5.41) is 0.817. The molecule has 1 unspecified atom stereocenters. The van der Waals surface area contributed by atoms with Crippen LogP contribution in [0, 0.1) is 0 Å². The van der Waals surface area contributed by atoms with Crippen LogP contribution in [0.4, 0.5) is 0 Å². The van der Waals surface area contributed by atoms with Gasteiger partial charge in [-0.05, 0) is 23.3 Å². The molecule has 1 saturated heterocycles. The van der Waals surface area contributed by atoms with Gasteiger partial charge in [-0.2, -0.15) is 0 Å². The Kier molecular flexibility index (Phi) is 6.27. The highest BCUT2D eigenvalue weighted by Gasteiger charge is 2.21. The number of hydrogen-bond acceptors (Lipinski definition) is 3. The van der Waals surface area contributed by atoms with E-state index < -0.39 is 0 Å². The van der Waals surface area contributed by atoms with Gasteiger partial charge in [0.1, 0.15) is 0 Å². The van der Waals surface area contributed by atoms with Crippen molar-refractivity contribution in [3.05, 3.63) is 70.7 Å². The van der Waals surface area contributed by atoms with Crippen LogP contribution in [0.3, 0.4) is 0 Å². The topological polar surface area (TPSA) is 15.7 Å². The Balaban J connectivity index is 1.49. The summed E-state index contributed by atoms with van der Waals surface area (Å²) in [6, 6.07) is 18.6. The van der Waals surface area contributed by atoms with Gasteiger partial charge in [0.2, 0.25) is 0 Å². The standard InChI is InChI=1S/C20H25ClN2O/c1-24-20(18-7-3-2-4-8-18)16-23-12-10-22(11-13-23)15-17-6-5-9-19(21)14-17/h2-9,14,20H,10-13,15-16H2,1H3. The van der Waals surface area contributed by atoms with Crippen LogP contribution in [-0.4, -0.2) is 49.6 Å². The van der Waals surface area contributed by atoms with E-state index in [-0.39, 0.29) is 6.10 Å². The molecule has 128 valence electrons. The summed E-state index contributed by atoms with van der Waals surface area (Å²) in [6.45, 7) is 6.24. The first kappa shape index (κ1) is 17.4. The Hall–Kier alpha value is -1.39. The number of methoxy groups -OCH3 is 1. The molecule has 1 aliphatic rings. The molecule has 24 heavy (non-hydrogen) atoms. The lowest BCUT2D eigenvalue weighted by Gasteiger charge is -2.36. The summed E-state index contributed by atoms with van der Waals surface area (Å²) in [5.41, 5.74) is 2.54. The average molecular weight is 345 g/mol. The molecule has 3 rings (SSSR count). The lowest BCUT2D eigenvalue weighted by atomic mass is 10.1. The summed E-state index contributed by atoms with van der Waals surface area (Å²) in [7, 11) is 1.80. The molecule has 0 amide bonds. The van der Waals surface area contributed by atoms with Gasteiger partial charge >= 0.3 is 0 Å². The van der Waals surface area contributed by atoms with Crippen molar-refractivity contribution in [1.29, 1.82) is 0 Å². The molecule has 0 aromatic heterocycles. The van der Waals surface area contributed by atoms with Crippen molar-refractivity contribution in [1.82, 2.24) is 9.80 Å². The lowest BCUT2D eigenvalue weighted by molar-refractivity contribution is 0.0406. The fraction of sp³-hybridized carbons (Fsp3) is 0.400. The third-order valence-corrected chi connectivity index (χ3v) is 4.88. The van der Waals surface area contributed by atoms with Gasteiger partial charge in [0.15, 0.2) is 0 Å². The molecule has 1 heterocycles. The summed E-state index contributed by atoms with van der Waals surface area (Å²) in [6.07, 6.45) is 0.144. The predicted molar refractivity (Wildman–Crippen MR) is 99.4 cm³/mol. The van der Waals surface area contributed by atoms with Gasteiger partial charge in [-0.15, -0.1) is 0 Å². The minimum Gasteiger partial charge on any atom is -0.375 e. The maximum absolute atomic E-state index is 6.08. The van der Waals surface area contributed by atoms with Gasteiger partial charge in [-0.1, -0.05) is 54.1 Å². The molecule has 0 N–H and O–H groups in total. The van der Waals surface area contributed by atoms with E-state index in [0.29, 0.717) is 0 Å². The fourth-order valence-corrected chi connectivity index (χ4v) is 3.45. The van der Waals surface area contributed by atoms with Crippen LogP contribution in [-0.2, 0) is 11.3 Å². The van der Waals surface area contributed by atoms with Gasteiger partial charge in [0.25, 0.3) is 0 Å². The van der Waals surface area contributed by atoms with E-state index in [1.54, 1.807) is 7.11 Å². The van der Waals surface area contributed by atoms with E-state index in [1.165, 1.54) is 11.1 Å². The van der Waals surface area contributed by atoms with Crippen LogP contribution in [0.1, 0.15) is 17.2 Å². The zero-order valence-corrected chi connectivity index (χ0v) is 15.0. The fourth-order valence-electron chi connectivity index (χ4n) is 3.24. The Morgan fingerprint density at radius 2 is 1.67 bits per heavy atom. The van der Waals surface area contributed by atoms with Crippen molar-refractivity contribution in [2.75, 3.05) is 39.8 Å². The van der Waals surface area contributed by atoms with Crippen molar-refractivity contribution in [3.63, 3.8) is 0 Å². The average Bonchev–Trinajstić information content (AvgIpc) is 2.62. The maximum Gasteiger partial charge on any atom is 0.0947 e. The molecule has 3 nitrogen and oxygen atoms in total. The second-order valence-corrected chi connectivity index (χ2v) is 6.78. The number of rotatable bonds is 6. The first-order valence-corrected chi connectivity index (χ1v) is 8.89. The molecule has 1 atom stereocenters. The number of hydrogen-bond donors (Lipinski definition) is 0. The van der Waals surface area contributed by atoms with E-state index in [1.807, 2.05) is 18.2 Å². The normalized spacial score (nSPS) is 17.8. The minimum absolute atomic E-state index is 0.144. The monoisotopic (exact) mass is 344 g/mol. The third-order valence-electron chi connectivity index (χ3n) is 4.64. The largest absolute Gasteiger partial charge is 0.375 e. The molecule has 0 spiro atoms. The summed E-state index contributed by atoms with van der Waals surface area (Å²) < 4.78 is 5.70. The molecule has 1 aliphatic heterocycles. The third kappa shape index (κ3) is 4.81. The van der Waals surface area contributed by atoms with Crippen molar-refractivity contribution < 1.29 is 4.74 Å². The van der Waals surface area contributed by atoms with Crippen LogP contribution in [0.15, 0.2) is 54.6 Å². The quantitative estimate of drug-likeness (QED) is 0.791. The summed E-state index contributed by atoms with van der Waals surface area (Å²) in [5.74, 6) is 0. The Labute approximate surface area is 149 Å². The minimum atomic E-state index is 0.144. The Morgan fingerprint density at radius 3 is 2.33 bits per heavy atom. The lowest BCUT2D eigenvalue weighted by Crippen LogP contribution is -2.47. The molecule has 1 fully saturated rings. The smallest absolute Gasteiger partial charge is 0.0947 e. The molecule has 2 aromatic carbocycles. The molecular formula is C20H25ClN2O.